The number of nitrogens with zero attached hydrogens (tertiary/aromatic N) is 3. The Kier molecular flexibility index (Phi) is 5.11. The molecule has 0 atom stereocenters. The van der Waals surface area contributed by atoms with E-state index in [2.05, 4.69) is 27.3 Å². The van der Waals surface area contributed by atoms with Crippen LogP contribution in [0.3, 0.4) is 0 Å². The Hall–Kier alpha value is -2.48. The summed E-state index contributed by atoms with van der Waals surface area (Å²) in [5.74, 6) is 10.4. The SMILES string of the molecule is [N-]=[N+]=NCCC#Cc1cccc(C(=O)NN)c1. The number of carbonyl (C=O) groups excluding carboxylic acids is 1. The lowest BCUT2D eigenvalue weighted by Crippen LogP contribution is -2.29. The topological polar surface area (TPSA) is 104 Å². The second kappa shape index (κ2) is 6.90. The maximum Gasteiger partial charge on any atom is 0.265 e. The normalized spacial score (nSPS) is 8.53. The van der Waals surface area contributed by atoms with E-state index in [1.807, 2.05) is 0 Å². The third kappa shape index (κ3) is 4.26. The predicted octanol–water partition coefficient (Wildman–Crippen LogP) is 1.34. The van der Waals surface area contributed by atoms with E-state index in [1.54, 1.807) is 24.3 Å². The Balaban J connectivity index is 2.71. The summed E-state index contributed by atoms with van der Waals surface area (Å²) in [5, 5.41) is 3.36. The van der Waals surface area contributed by atoms with Crippen molar-refractivity contribution in [3.63, 3.8) is 0 Å². The Labute approximate surface area is 98.4 Å². The fourth-order valence-corrected chi connectivity index (χ4v) is 1.14. The van der Waals surface area contributed by atoms with Gasteiger partial charge < -0.3 is 0 Å². The van der Waals surface area contributed by atoms with Gasteiger partial charge in [0.05, 0.1) is 0 Å². The second-order valence-corrected chi connectivity index (χ2v) is 3.06. The van der Waals surface area contributed by atoms with Gasteiger partial charge in [-0.3, -0.25) is 10.2 Å². The van der Waals surface area contributed by atoms with Gasteiger partial charge in [0, 0.05) is 29.0 Å². The highest BCUT2D eigenvalue weighted by Crippen LogP contribution is 2.03. The van der Waals surface area contributed by atoms with E-state index in [1.165, 1.54) is 0 Å². The number of hydrogen-bond acceptors (Lipinski definition) is 3. The largest absolute Gasteiger partial charge is 0.290 e. The van der Waals surface area contributed by atoms with Crippen molar-refractivity contribution in [3.8, 4) is 11.8 Å². The van der Waals surface area contributed by atoms with Crippen LogP contribution in [0.1, 0.15) is 22.3 Å². The molecule has 86 valence electrons. The van der Waals surface area contributed by atoms with Gasteiger partial charge in [-0.2, -0.15) is 0 Å². The van der Waals surface area contributed by atoms with Crippen molar-refractivity contribution in [3.05, 3.63) is 45.8 Å². The lowest BCUT2D eigenvalue weighted by atomic mass is 10.1. The summed E-state index contributed by atoms with van der Waals surface area (Å²) in [4.78, 5) is 13.9. The molecular formula is C11H11N5O. The third-order valence-electron chi connectivity index (χ3n) is 1.89. The quantitative estimate of drug-likeness (QED) is 0.119. The van der Waals surface area contributed by atoms with E-state index in [9.17, 15) is 4.79 Å². The molecule has 1 rings (SSSR count). The van der Waals surface area contributed by atoms with E-state index in [4.69, 9.17) is 11.4 Å². The molecule has 0 aromatic heterocycles. The Morgan fingerprint density at radius 3 is 3.12 bits per heavy atom. The van der Waals surface area contributed by atoms with Crippen LogP contribution < -0.4 is 11.3 Å². The molecule has 6 nitrogen and oxygen atoms in total. The van der Waals surface area contributed by atoms with Gasteiger partial charge in [-0.25, -0.2) is 5.84 Å². The lowest BCUT2D eigenvalue weighted by Gasteiger charge is -1.99. The third-order valence-corrected chi connectivity index (χ3v) is 1.89. The van der Waals surface area contributed by atoms with Crippen molar-refractivity contribution in [2.24, 2.45) is 11.0 Å². The summed E-state index contributed by atoms with van der Waals surface area (Å²) in [6, 6.07) is 6.80. The van der Waals surface area contributed by atoms with Gasteiger partial charge in [0.25, 0.3) is 5.91 Å². The summed E-state index contributed by atoms with van der Waals surface area (Å²) < 4.78 is 0. The van der Waals surface area contributed by atoms with Gasteiger partial charge in [-0.15, -0.1) is 0 Å². The molecule has 0 spiro atoms. The average molecular weight is 229 g/mol. The van der Waals surface area contributed by atoms with Gasteiger partial charge in [-0.05, 0) is 23.7 Å². The molecule has 0 aliphatic heterocycles. The summed E-state index contributed by atoms with van der Waals surface area (Å²) in [5.41, 5.74) is 11.3. The monoisotopic (exact) mass is 229 g/mol. The summed E-state index contributed by atoms with van der Waals surface area (Å²) in [6.07, 6.45) is 0.484. The molecule has 0 radical (unpaired) electrons. The first-order valence-electron chi connectivity index (χ1n) is 4.88. The second-order valence-electron chi connectivity index (χ2n) is 3.06. The number of nitrogen functional groups attached to an aromatic ring is 1. The maximum absolute atomic E-state index is 11.2. The van der Waals surface area contributed by atoms with Gasteiger partial charge >= 0.3 is 0 Å². The number of carbonyl (C=O) groups is 1. The maximum atomic E-state index is 11.2. The van der Waals surface area contributed by atoms with E-state index >= 15 is 0 Å². The predicted molar refractivity (Wildman–Crippen MR) is 63.6 cm³/mol. The van der Waals surface area contributed by atoms with Crippen LogP contribution in [0.25, 0.3) is 10.4 Å². The number of rotatable bonds is 3. The highest BCUT2D eigenvalue weighted by molar-refractivity contribution is 5.94. The first-order valence-corrected chi connectivity index (χ1v) is 4.88. The minimum absolute atomic E-state index is 0.340. The molecule has 1 amide bonds. The zero-order chi connectivity index (χ0) is 12.5. The number of hydrogen-bond donors (Lipinski definition) is 2. The van der Waals surface area contributed by atoms with Gasteiger partial charge in [0.2, 0.25) is 0 Å². The molecule has 17 heavy (non-hydrogen) atoms. The van der Waals surface area contributed by atoms with Crippen LogP contribution in [-0.2, 0) is 0 Å². The van der Waals surface area contributed by atoms with E-state index in [-0.39, 0.29) is 5.91 Å². The van der Waals surface area contributed by atoms with E-state index in [0.29, 0.717) is 24.1 Å². The summed E-state index contributed by atoms with van der Waals surface area (Å²) >= 11 is 0. The van der Waals surface area contributed by atoms with Gasteiger partial charge in [0.15, 0.2) is 0 Å². The first kappa shape index (κ1) is 12.6. The van der Waals surface area contributed by atoms with Crippen molar-refractivity contribution in [2.75, 3.05) is 6.54 Å². The molecule has 0 fully saturated rings. The number of nitrogens with two attached hydrogens (primary N) is 1. The van der Waals surface area contributed by atoms with Crippen molar-refractivity contribution in [2.45, 2.75) is 6.42 Å². The molecule has 1 aromatic carbocycles. The molecule has 0 heterocycles. The standard InChI is InChI=1S/C11H11N5O/c12-15-11(17)10-6-3-5-9(8-10)4-1-2-7-14-16-13/h3,5-6,8H,2,7,12H2,(H,15,17). The van der Waals surface area contributed by atoms with Crippen molar-refractivity contribution in [1.82, 2.24) is 5.43 Å². The molecule has 0 bridgehead atoms. The average Bonchev–Trinajstić information content (AvgIpc) is 2.38. The number of nitrogens with one attached hydrogen (secondary N) is 1. The van der Waals surface area contributed by atoms with E-state index in [0.717, 1.165) is 0 Å². The molecule has 3 N–H and O–H groups in total. The van der Waals surface area contributed by atoms with Crippen molar-refractivity contribution in [1.29, 1.82) is 0 Å². The molecule has 0 saturated heterocycles. The van der Waals surface area contributed by atoms with Crippen molar-refractivity contribution < 1.29 is 4.79 Å². The molecule has 0 unspecified atom stereocenters. The number of azide groups is 1. The van der Waals surface area contributed by atoms with Crippen LogP contribution in [0.5, 0.6) is 0 Å². The van der Waals surface area contributed by atoms with Gasteiger partial charge in [0.1, 0.15) is 0 Å². The Bertz CT molecular complexity index is 508. The molecule has 1 aromatic rings. The first-order chi connectivity index (χ1) is 8.27. The highest BCUT2D eigenvalue weighted by Gasteiger charge is 2.02. The van der Waals surface area contributed by atoms with Crippen LogP contribution in [0.2, 0.25) is 0 Å². The highest BCUT2D eigenvalue weighted by atomic mass is 16.2. The van der Waals surface area contributed by atoms with Crippen LogP contribution in [-0.4, -0.2) is 12.5 Å². The molecule has 0 aliphatic carbocycles. The zero-order valence-corrected chi connectivity index (χ0v) is 9.05. The van der Waals surface area contributed by atoms with Crippen LogP contribution in [0.4, 0.5) is 0 Å². The lowest BCUT2D eigenvalue weighted by molar-refractivity contribution is 0.0953. The molecular weight excluding hydrogens is 218 g/mol. The minimum atomic E-state index is -0.359. The molecule has 0 saturated carbocycles. The number of amides is 1. The zero-order valence-electron chi connectivity index (χ0n) is 9.05. The summed E-state index contributed by atoms with van der Waals surface area (Å²) in [6.45, 7) is 0.340. The Morgan fingerprint density at radius 1 is 1.59 bits per heavy atom. The van der Waals surface area contributed by atoms with Crippen LogP contribution in [0.15, 0.2) is 29.4 Å². The molecule has 0 aliphatic rings. The fraction of sp³-hybridized carbons (Fsp3) is 0.182. The minimum Gasteiger partial charge on any atom is -0.290 e. The van der Waals surface area contributed by atoms with E-state index < -0.39 is 0 Å². The summed E-state index contributed by atoms with van der Waals surface area (Å²) in [7, 11) is 0. The smallest absolute Gasteiger partial charge is 0.265 e. The van der Waals surface area contributed by atoms with Crippen molar-refractivity contribution >= 4 is 5.91 Å². The Morgan fingerprint density at radius 2 is 2.41 bits per heavy atom. The van der Waals surface area contributed by atoms with Crippen LogP contribution >= 0.6 is 0 Å². The molecule has 6 heteroatoms. The van der Waals surface area contributed by atoms with Gasteiger partial charge in [-0.1, -0.05) is 23.0 Å². The fourth-order valence-electron chi connectivity index (χ4n) is 1.14. The number of hydrazine groups is 1. The van der Waals surface area contributed by atoms with Crippen LogP contribution in [0, 0.1) is 11.8 Å². The number of benzene rings is 1.